The molecule has 5 atom stereocenters. The van der Waals surface area contributed by atoms with Crippen LogP contribution < -0.4 is 0 Å². The van der Waals surface area contributed by atoms with E-state index in [0.717, 1.165) is 32.1 Å². The molecule has 0 aromatic carbocycles. The fourth-order valence-corrected chi connectivity index (χ4v) is 8.56. The van der Waals surface area contributed by atoms with E-state index in [9.17, 15) is 9.90 Å². The summed E-state index contributed by atoms with van der Waals surface area (Å²) in [6.07, 6.45) is 15.3. The molecule has 0 aliphatic carbocycles. The van der Waals surface area contributed by atoms with Crippen molar-refractivity contribution in [1.82, 2.24) is 0 Å². The third-order valence-electron chi connectivity index (χ3n) is 11.3. The molecule has 1 fully saturated rings. The number of allylic oxidation sites excluding steroid dienone is 2. The summed E-state index contributed by atoms with van der Waals surface area (Å²) in [6.45, 7) is 35.8. The van der Waals surface area contributed by atoms with Crippen molar-refractivity contribution >= 4 is 30.9 Å². The second-order valence-electron chi connectivity index (χ2n) is 18.5. The van der Waals surface area contributed by atoms with E-state index in [1.165, 1.54) is 12.8 Å². The van der Waals surface area contributed by atoms with Gasteiger partial charge >= 0.3 is 0 Å². The number of aliphatic hydroxyl groups excluding tert-OH is 1. The number of ether oxygens (including phenoxy) is 1. The Labute approximate surface area is 294 Å². The Morgan fingerprint density at radius 1 is 0.851 bits per heavy atom. The molecule has 1 heterocycles. The van der Waals surface area contributed by atoms with E-state index in [1.807, 2.05) is 0 Å². The van der Waals surface area contributed by atoms with Gasteiger partial charge in [0.1, 0.15) is 0 Å². The van der Waals surface area contributed by atoms with Gasteiger partial charge in [-0.2, -0.15) is 0 Å². The maximum atomic E-state index is 12.6. The molecule has 47 heavy (non-hydrogen) atoms. The van der Waals surface area contributed by atoms with Crippen molar-refractivity contribution in [1.29, 1.82) is 0 Å². The molecule has 0 amide bonds. The highest BCUT2D eigenvalue weighted by molar-refractivity contribution is 6.75. The van der Waals surface area contributed by atoms with Gasteiger partial charge in [-0.3, -0.25) is 4.79 Å². The van der Waals surface area contributed by atoms with E-state index < -0.39 is 31.2 Å². The van der Waals surface area contributed by atoms with Gasteiger partial charge in [0, 0.05) is 18.8 Å². The number of unbranched alkanes of at least 4 members (excludes halogenated alkanes) is 3. The third-order valence-corrected chi connectivity index (χ3v) is 24.6. The molecule has 1 saturated heterocycles. The predicted molar refractivity (Wildman–Crippen MR) is 207 cm³/mol. The Hall–Kier alpha value is -0.559. The summed E-state index contributed by atoms with van der Waals surface area (Å²) in [5.41, 5.74) is 0. The summed E-state index contributed by atoms with van der Waals surface area (Å²) < 4.78 is 26.1. The van der Waals surface area contributed by atoms with Crippen LogP contribution in [0, 0.1) is 5.92 Å². The van der Waals surface area contributed by atoms with Crippen LogP contribution >= 0.6 is 0 Å². The first-order valence-corrected chi connectivity index (χ1v) is 27.2. The topological polar surface area (TPSA) is 74.2 Å². The van der Waals surface area contributed by atoms with Crippen molar-refractivity contribution in [2.45, 2.75) is 206 Å². The van der Waals surface area contributed by atoms with Crippen LogP contribution in [0.5, 0.6) is 0 Å². The molecular weight excluding hydrogens is 637 g/mol. The highest BCUT2D eigenvalue weighted by atomic mass is 28.4. The molecule has 0 bridgehead atoms. The lowest BCUT2D eigenvalue weighted by molar-refractivity contribution is -0.196. The number of rotatable bonds is 17. The van der Waals surface area contributed by atoms with E-state index in [0.29, 0.717) is 12.8 Å². The lowest BCUT2D eigenvalue weighted by Crippen LogP contribution is -2.51. The highest BCUT2D eigenvalue weighted by Gasteiger charge is 2.45. The van der Waals surface area contributed by atoms with Crippen molar-refractivity contribution in [2.75, 3.05) is 0 Å². The number of carbonyl (C=O) groups excluding carboxylic acids is 1. The van der Waals surface area contributed by atoms with Crippen molar-refractivity contribution in [3.8, 4) is 0 Å². The monoisotopic (exact) mass is 712 g/mol. The molecule has 9 heteroatoms. The zero-order valence-corrected chi connectivity index (χ0v) is 36.5. The second kappa shape index (κ2) is 18.1. The first kappa shape index (κ1) is 44.5. The van der Waals surface area contributed by atoms with E-state index in [1.54, 1.807) is 0 Å². The van der Waals surface area contributed by atoms with Crippen LogP contribution in [0.1, 0.15) is 127 Å². The maximum absolute atomic E-state index is 12.6. The third kappa shape index (κ3) is 14.7. The fraction of sp³-hybridized carbons (Fsp3) is 0.868. The van der Waals surface area contributed by atoms with Gasteiger partial charge < -0.3 is 23.1 Å². The molecule has 276 valence electrons. The maximum Gasteiger partial charge on any atom is 0.292 e. The van der Waals surface area contributed by atoms with Gasteiger partial charge in [-0.1, -0.05) is 113 Å². The summed E-state index contributed by atoms with van der Waals surface area (Å²) >= 11 is 0. The SMILES string of the molecule is CCCCC[C@@H](/C=C/[C@H]1OC(O)C[C@H](O[Si](C)(C)C(C)(C)C)[C@@H]1C/C=C\CCCC(=O)O[Si](C)(C)C(C)(C)C)O[Si](C)(C)C(C)(C)C. The molecule has 1 aliphatic rings. The van der Waals surface area contributed by atoms with Gasteiger partial charge in [-0.05, 0) is 80.1 Å². The standard InChI is InChI=1S/C38H76O6Si3/c1-17-18-21-24-30(42-45(11,12)36(2,3)4)27-28-32-31(33(29-35(40)41-32)43-46(13,14)37(5,6)7)25-22-19-20-23-26-34(39)44-47(15,16)38(8,9)10/h19,22,27-28,30-33,35,40H,17-18,20-21,23-26,29H2,1-16H3/b22-19-,28-27+/t30-,31+,32+,33-,35?/m0/s1. The fourth-order valence-electron chi connectivity index (χ4n) is 4.89. The van der Waals surface area contributed by atoms with Crippen LogP contribution in [0.3, 0.4) is 0 Å². The molecule has 0 saturated carbocycles. The van der Waals surface area contributed by atoms with Crippen LogP contribution in [0.4, 0.5) is 0 Å². The van der Waals surface area contributed by atoms with Crippen molar-refractivity contribution < 1.29 is 27.9 Å². The Bertz CT molecular complexity index is 1000. The van der Waals surface area contributed by atoms with Crippen molar-refractivity contribution in [3.63, 3.8) is 0 Å². The van der Waals surface area contributed by atoms with Gasteiger partial charge in [0.2, 0.25) is 0 Å². The van der Waals surface area contributed by atoms with Gasteiger partial charge in [-0.25, -0.2) is 0 Å². The highest BCUT2D eigenvalue weighted by Crippen LogP contribution is 2.42. The summed E-state index contributed by atoms with van der Waals surface area (Å²) in [4.78, 5) is 12.6. The molecule has 1 aliphatic heterocycles. The predicted octanol–water partition coefficient (Wildman–Crippen LogP) is 11.3. The quantitative estimate of drug-likeness (QED) is 0.0919. The summed E-state index contributed by atoms with van der Waals surface area (Å²) in [6, 6.07) is 0. The zero-order valence-electron chi connectivity index (χ0n) is 33.5. The van der Waals surface area contributed by atoms with Gasteiger partial charge in [0.15, 0.2) is 22.9 Å². The zero-order chi connectivity index (χ0) is 36.5. The van der Waals surface area contributed by atoms with Gasteiger partial charge in [0.05, 0.1) is 18.3 Å². The lowest BCUT2D eigenvalue weighted by atomic mass is 9.87. The van der Waals surface area contributed by atoms with Gasteiger partial charge in [-0.15, -0.1) is 0 Å². The minimum absolute atomic E-state index is 0.0125. The normalized spacial score (nSPS) is 23.1. The van der Waals surface area contributed by atoms with Crippen LogP contribution in [-0.4, -0.2) is 60.6 Å². The van der Waals surface area contributed by atoms with E-state index in [-0.39, 0.29) is 45.3 Å². The Balaban J connectivity index is 3.18. The second-order valence-corrected chi connectivity index (χ2v) is 32.7. The number of hydrogen-bond donors (Lipinski definition) is 1. The molecule has 0 radical (unpaired) electrons. The number of aliphatic hydroxyl groups is 1. The minimum Gasteiger partial charge on any atom is -0.519 e. The van der Waals surface area contributed by atoms with Crippen molar-refractivity contribution in [2.24, 2.45) is 5.92 Å². The molecule has 0 aromatic rings. The molecule has 1 unspecified atom stereocenters. The molecule has 1 N–H and O–H groups in total. The average Bonchev–Trinajstić information content (AvgIpc) is 2.87. The summed E-state index contributed by atoms with van der Waals surface area (Å²) in [5, 5.41) is 11.1. The largest absolute Gasteiger partial charge is 0.519 e. The Morgan fingerprint density at radius 3 is 1.96 bits per heavy atom. The summed E-state index contributed by atoms with van der Waals surface area (Å²) in [7, 11) is -6.18. The van der Waals surface area contributed by atoms with Crippen LogP contribution in [-0.2, 0) is 22.8 Å². The van der Waals surface area contributed by atoms with Gasteiger partial charge in [0.25, 0.3) is 14.3 Å². The molecule has 6 nitrogen and oxygen atoms in total. The van der Waals surface area contributed by atoms with Crippen molar-refractivity contribution in [3.05, 3.63) is 24.3 Å². The lowest BCUT2D eigenvalue weighted by Gasteiger charge is -2.46. The van der Waals surface area contributed by atoms with E-state index in [4.69, 9.17) is 18.0 Å². The average molecular weight is 713 g/mol. The number of hydrogen-bond acceptors (Lipinski definition) is 6. The first-order chi connectivity index (χ1) is 21.2. The molecular formula is C38H76O6Si3. The Morgan fingerprint density at radius 2 is 1.43 bits per heavy atom. The molecule has 1 rings (SSSR count). The Kier molecular flexibility index (Phi) is 17.1. The smallest absolute Gasteiger partial charge is 0.292 e. The van der Waals surface area contributed by atoms with Crippen LogP contribution in [0.25, 0.3) is 0 Å². The van der Waals surface area contributed by atoms with Crippen LogP contribution in [0.15, 0.2) is 24.3 Å². The first-order valence-electron chi connectivity index (χ1n) is 18.5. The molecule has 0 spiro atoms. The van der Waals surface area contributed by atoms with E-state index >= 15 is 0 Å². The minimum atomic E-state index is -2.10. The summed E-state index contributed by atoms with van der Waals surface area (Å²) in [5.74, 6) is -0.0196. The number of carbonyl (C=O) groups is 1. The molecule has 0 aromatic heterocycles. The van der Waals surface area contributed by atoms with E-state index in [2.05, 4.69) is 133 Å². The van der Waals surface area contributed by atoms with Crippen LogP contribution in [0.2, 0.25) is 54.4 Å².